The number of rotatable bonds is 3. The summed E-state index contributed by atoms with van der Waals surface area (Å²) < 4.78 is 28.4. The zero-order chi connectivity index (χ0) is 14.2. The molecule has 0 saturated carbocycles. The second kappa shape index (κ2) is 5.30. The van der Waals surface area contributed by atoms with Crippen LogP contribution in [0.3, 0.4) is 0 Å². The molecule has 0 bridgehead atoms. The zero-order valence-electron chi connectivity index (χ0n) is 9.97. The number of amides is 1. The summed E-state index contributed by atoms with van der Waals surface area (Å²) in [7, 11) is 3.11. The van der Waals surface area contributed by atoms with Crippen molar-refractivity contribution in [3.05, 3.63) is 22.7 Å². The van der Waals surface area contributed by atoms with Crippen molar-refractivity contribution in [2.45, 2.75) is 11.7 Å². The van der Waals surface area contributed by atoms with E-state index in [4.69, 9.17) is 15.4 Å². The van der Waals surface area contributed by atoms with Gasteiger partial charge in [-0.25, -0.2) is 8.42 Å². The molecule has 1 aliphatic heterocycles. The topological polar surface area (TPSA) is 63.7 Å². The molecule has 5 nitrogen and oxygen atoms in total. The molecule has 2 rings (SSSR count). The van der Waals surface area contributed by atoms with Gasteiger partial charge >= 0.3 is 0 Å². The molecule has 0 aromatic heterocycles. The highest BCUT2D eigenvalue weighted by Gasteiger charge is 2.38. The minimum atomic E-state index is -3.73. The van der Waals surface area contributed by atoms with Gasteiger partial charge in [0.1, 0.15) is 11.0 Å². The molecule has 104 valence electrons. The van der Waals surface area contributed by atoms with Crippen LogP contribution >= 0.6 is 26.6 Å². The van der Waals surface area contributed by atoms with E-state index in [0.29, 0.717) is 15.9 Å². The van der Waals surface area contributed by atoms with E-state index in [9.17, 15) is 13.2 Å². The smallest absolute Gasteiger partial charge is 0.237 e. The largest absolute Gasteiger partial charge is 0.496 e. The van der Waals surface area contributed by atoms with Gasteiger partial charge < -0.3 is 9.64 Å². The van der Waals surface area contributed by atoms with E-state index in [1.807, 2.05) is 0 Å². The molecule has 0 spiro atoms. The zero-order valence-corrected chi connectivity index (χ0v) is 13.1. The molecule has 0 radical (unpaired) electrons. The summed E-state index contributed by atoms with van der Waals surface area (Å²) in [5.41, 5.74) is 0.612. The number of anilines is 1. The van der Waals surface area contributed by atoms with Crippen LogP contribution in [0.5, 0.6) is 5.75 Å². The third-order valence-corrected chi connectivity index (χ3v) is 5.42. The summed E-state index contributed by atoms with van der Waals surface area (Å²) in [6, 6.07) is 5.11. The number of ether oxygens (including phenoxy) is 1. The van der Waals surface area contributed by atoms with Gasteiger partial charge in [-0.05, 0) is 34.1 Å². The van der Waals surface area contributed by atoms with E-state index in [-0.39, 0.29) is 18.9 Å². The van der Waals surface area contributed by atoms with Crippen LogP contribution in [0, 0.1) is 0 Å². The molecular weight excluding hydrogens is 358 g/mol. The van der Waals surface area contributed by atoms with Crippen molar-refractivity contribution in [3.8, 4) is 5.75 Å². The number of carbonyl (C=O) groups is 1. The fourth-order valence-corrected chi connectivity index (χ4v) is 3.49. The third kappa shape index (κ3) is 3.04. The maximum absolute atomic E-state index is 11.9. The monoisotopic (exact) mass is 367 g/mol. The second-order valence-electron chi connectivity index (χ2n) is 4.12. The number of benzene rings is 1. The number of methoxy groups -OCH3 is 1. The second-order valence-corrected chi connectivity index (χ2v) is 7.89. The summed E-state index contributed by atoms with van der Waals surface area (Å²) >= 11 is 3.32. The van der Waals surface area contributed by atoms with Crippen molar-refractivity contribution in [2.75, 3.05) is 18.6 Å². The first kappa shape index (κ1) is 14.6. The third-order valence-electron chi connectivity index (χ3n) is 2.93. The minimum Gasteiger partial charge on any atom is -0.496 e. The van der Waals surface area contributed by atoms with Crippen LogP contribution in [-0.4, -0.2) is 33.2 Å². The van der Waals surface area contributed by atoms with Crippen molar-refractivity contribution in [1.29, 1.82) is 0 Å². The molecule has 1 aromatic rings. The summed E-state index contributed by atoms with van der Waals surface area (Å²) in [5.74, 6) is 0.378. The lowest BCUT2D eigenvalue weighted by Gasteiger charge is -2.17. The Morgan fingerprint density at radius 1 is 1.47 bits per heavy atom. The molecule has 1 heterocycles. The van der Waals surface area contributed by atoms with Crippen LogP contribution in [0.15, 0.2) is 22.7 Å². The average Bonchev–Trinajstić information content (AvgIpc) is 2.71. The fraction of sp³-hybridized carbons (Fsp3) is 0.364. The van der Waals surface area contributed by atoms with Gasteiger partial charge in [0.25, 0.3) is 0 Å². The van der Waals surface area contributed by atoms with Gasteiger partial charge in [0, 0.05) is 29.3 Å². The molecule has 1 amide bonds. The fourth-order valence-electron chi connectivity index (χ4n) is 1.94. The van der Waals surface area contributed by atoms with Crippen LogP contribution in [0.4, 0.5) is 5.69 Å². The SMILES string of the molecule is COc1ccc(N2CC(S(=O)(=O)Cl)CC2=O)cc1Br. The van der Waals surface area contributed by atoms with Crippen molar-refractivity contribution in [2.24, 2.45) is 0 Å². The van der Waals surface area contributed by atoms with Gasteiger partial charge in [-0.1, -0.05) is 0 Å². The molecule has 0 N–H and O–H groups in total. The van der Waals surface area contributed by atoms with Gasteiger partial charge in [-0.15, -0.1) is 0 Å². The van der Waals surface area contributed by atoms with E-state index in [1.54, 1.807) is 18.2 Å². The van der Waals surface area contributed by atoms with E-state index in [2.05, 4.69) is 15.9 Å². The van der Waals surface area contributed by atoms with Crippen molar-refractivity contribution >= 4 is 47.3 Å². The molecule has 1 aromatic carbocycles. The number of nitrogens with zero attached hydrogens (tertiary/aromatic N) is 1. The van der Waals surface area contributed by atoms with Crippen molar-refractivity contribution in [1.82, 2.24) is 0 Å². The highest BCUT2D eigenvalue weighted by Crippen LogP contribution is 2.32. The number of halogens is 2. The van der Waals surface area contributed by atoms with E-state index >= 15 is 0 Å². The highest BCUT2D eigenvalue weighted by molar-refractivity contribution is 9.10. The Bertz CT molecular complexity index is 619. The standard InChI is InChI=1S/C11H11BrClNO4S/c1-18-10-3-2-7(4-9(10)12)14-6-8(5-11(14)15)19(13,16)17/h2-4,8H,5-6H2,1H3. The van der Waals surface area contributed by atoms with Gasteiger partial charge in [-0.3, -0.25) is 4.79 Å². The Labute approximate surface area is 124 Å². The quantitative estimate of drug-likeness (QED) is 0.767. The normalized spacial score (nSPS) is 19.8. The first-order valence-corrected chi connectivity index (χ1v) is 8.57. The lowest BCUT2D eigenvalue weighted by atomic mass is 10.3. The van der Waals surface area contributed by atoms with Gasteiger partial charge in [0.2, 0.25) is 15.0 Å². The maximum atomic E-state index is 11.9. The van der Waals surface area contributed by atoms with Gasteiger partial charge in [-0.2, -0.15) is 0 Å². The van der Waals surface area contributed by atoms with E-state index in [0.717, 1.165) is 0 Å². The van der Waals surface area contributed by atoms with Crippen LogP contribution < -0.4 is 9.64 Å². The number of hydrogen-bond donors (Lipinski definition) is 0. The summed E-state index contributed by atoms with van der Waals surface area (Å²) in [6.45, 7) is 0.0729. The average molecular weight is 369 g/mol. The van der Waals surface area contributed by atoms with Crippen LogP contribution in [0.25, 0.3) is 0 Å². The lowest BCUT2D eigenvalue weighted by Crippen LogP contribution is -2.26. The molecule has 1 fully saturated rings. The van der Waals surface area contributed by atoms with Crippen molar-refractivity contribution in [3.63, 3.8) is 0 Å². The first-order valence-electron chi connectivity index (χ1n) is 5.40. The molecule has 1 saturated heterocycles. The summed E-state index contributed by atoms with van der Waals surface area (Å²) in [4.78, 5) is 13.3. The van der Waals surface area contributed by atoms with Crippen molar-refractivity contribution < 1.29 is 17.9 Å². The Kier molecular flexibility index (Phi) is 4.08. The predicted molar refractivity (Wildman–Crippen MR) is 76.2 cm³/mol. The summed E-state index contributed by atoms with van der Waals surface area (Å²) in [6.07, 6.45) is -0.0878. The molecule has 19 heavy (non-hydrogen) atoms. The Hall–Kier alpha value is -0.790. The molecule has 0 aliphatic carbocycles. The predicted octanol–water partition coefficient (Wildman–Crippen LogP) is 2.13. The van der Waals surface area contributed by atoms with E-state index < -0.39 is 14.3 Å². The maximum Gasteiger partial charge on any atom is 0.237 e. The van der Waals surface area contributed by atoms with Crippen LogP contribution in [0.1, 0.15) is 6.42 Å². The van der Waals surface area contributed by atoms with Crippen LogP contribution in [0.2, 0.25) is 0 Å². The summed E-state index contributed by atoms with van der Waals surface area (Å²) in [5, 5.41) is -0.859. The van der Waals surface area contributed by atoms with E-state index in [1.165, 1.54) is 12.0 Å². The molecule has 1 aliphatic rings. The molecule has 8 heteroatoms. The lowest BCUT2D eigenvalue weighted by molar-refractivity contribution is -0.117. The molecule has 1 unspecified atom stereocenters. The minimum absolute atomic E-state index is 0.0729. The Morgan fingerprint density at radius 2 is 2.16 bits per heavy atom. The number of carbonyl (C=O) groups excluding carboxylic acids is 1. The number of hydrogen-bond acceptors (Lipinski definition) is 4. The highest BCUT2D eigenvalue weighted by atomic mass is 79.9. The van der Waals surface area contributed by atoms with Crippen LogP contribution in [-0.2, 0) is 13.8 Å². The Balaban J connectivity index is 2.28. The molecule has 1 atom stereocenters. The molecular formula is C11H11BrClNO4S. The van der Waals surface area contributed by atoms with Gasteiger partial charge in [0.15, 0.2) is 0 Å². The van der Waals surface area contributed by atoms with Gasteiger partial charge in [0.05, 0.1) is 11.6 Å². The Morgan fingerprint density at radius 3 is 2.63 bits per heavy atom. The first-order chi connectivity index (χ1) is 8.82.